The van der Waals surface area contributed by atoms with Crippen molar-refractivity contribution in [2.24, 2.45) is 0 Å². The summed E-state index contributed by atoms with van der Waals surface area (Å²) in [4.78, 5) is 11.2. The Morgan fingerprint density at radius 1 is 1.61 bits per heavy atom. The summed E-state index contributed by atoms with van der Waals surface area (Å²) in [6.07, 6.45) is 0.266. The van der Waals surface area contributed by atoms with Gasteiger partial charge in [-0.1, -0.05) is 0 Å². The Kier molecular flexibility index (Phi) is 3.96. The van der Waals surface area contributed by atoms with Gasteiger partial charge in [0.15, 0.2) is 11.5 Å². The molecule has 0 saturated carbocycles. The maximum Gasteiger partial charge on any atom is 0.407 e. The largest absolute Gasteiger partial charge is 0.503 e. The highest BCUT2D eigenvalue weighted by Crippen LogP contribution is 2.38. The van der Waals surface area contributed by atoms with Gasteiger partial charge in [-0.25, -0.2) is 4.79 Å². The number of hydrogen-bond donors (Lipinski definition) is 2. The van der Waals surface area contributed by atoms with Gasteiger partial charge < -0.3 is 19.9 Å². The van der Waals surface area contributed by atoms with E-state index >= 15 is 0 Å². The van der Waals surface area contributed by atoms with Crippen LogP contribution < -0.4 is 10.1 Å². The van der Waals surface area contributed by atoms with Crippen LogP contribution in [0.2, 0.25) is 0 Å². The van der Waals surface area contributed by atoms with Crippen LogP contribution in [0.4, 0.5) is 4.79 Å². The van der Waals surface area contributed by atoms with E-state index in [-0.39, 0.29) is 11.8 Å². The molecule has 18 heavy (non-hydrogen) atoms. The number of phenols is 1. The average Bonchev–Trinajstić information content (AvgIpc) is 2.35. The summed E-state index contributed by atoms with van der Waals surface area (Å²) in [6.45, 7) is 2.69. The molecule has 1 fully saturated rings. The summed E-state index contributed by atoms with van der Waals surface area (Å²) in [6, 6.07) is 3.39. The van der Waals surface area contributed by atoms with Crippen molar-refractivity contribution in [1.82, 2.24) is 5.32 Å². The van der Waals surface area contributed by atoms with Gasteiger partial charge in [-0.2, -0.15) is 0 Å². The Morgan fingerprint density at radius 3 is 3.06 bits per heavy atom. The smallest absolute Gasteiger partial charge is 0.407 e. The van der Waals surface area contributed by atoms with E-state index < -0.39 is 6.09 Å². The van der Waals surface area contributed by atoms with Gasteiger partial charge in [0.1, 0.15) is 0 Å². The number of alkyl carbamates (subject to hydrolysis) is 1. The molecule has 2 rings (SSSR count). The first-order valence-corrected chi connectivity index (χ1v) is 6.49. The van der Waals surface area contributed by atoms with E-state index in [1.54, 1.807) is 12.1 Å². The Labute approximate surface area is 113 Å². The Hall–Kier alpha value is -1.43. The van der Waals surface area contributed by atoms with Gasteiger partial charge >= 0.3 is 6.09 Å². The van der Waals surface area contributed by atoms with Crippen molar-refractivity contribution in [3.8, 4) is 11.5 Å². The van der Waals surface area contributed by atoms with Gasteiger partial charge in [-0.05, 0) is 40.5 Å². The number of ether oxygens (including phenoxy) is 2. The van der Waals surface area contributed by atoms with Crippen molar-refractivity contribution in [2.45, 2.75) is 19.4 Å². The van der Waals surface area contributed by atoms with Crippen molar-refractivity contribution < 1.29 is 19.4 Å². The maximum atomic E-state index is 11.2. The highest BCUT2D eigenvalue weighted by Gasteiger charge is 2.22. The van der Waals surface area contributed by atoms with Crippen LogP contribution in [-0.2, 0) is 4.74 Å². The van der Waals surface area contributed by atoms with E-state index in [0.29, 0.717) is 29.9 Å². The molecule has 0 aliphatic carbocycles. The second-order valence-electron chi connectivity index (χ2n) is 3.90. The molecule has 5 nitrogen and oxygen atoms in total. The number of nitrogens with one attached hydrogen (secondary N) is 1. The molecule has 1 aliphatic heterocycles. The van der Waals surface area contributed by atoms with Crippen LogP contribution in [0.3, 0.4) is 0 Å². The van der Waals surface area contributed by atoms with E-state index in [4.69, 9.17) is 9.47 Å². The van der Waals surface area contributed by atoms with Crippen LogP contribution in [0, 0.1) is 0 Å². The molecule has 1 aliphatic rings. The van der Waals surface area contributed by atoms with Crippen molar-refractivity contribution >= 4 is 22.0 Å². The van der Waals surface area contributed by atoms with E-state index in [9.17, 15) is 9.90 Å². The minimum absolute atomic E-state index is 0.0685. The lowest BCUT2D eigenvalue weighted by atomic mass is 10.0. The Bertz CT molecular complexity index is 464. The van der Waals surface area contributed by atoms with Gasteiger partial charge in [0, 0.05) is 6.42 Å². The number of rotatable bonds is 3. The van der Waals surface area contributed by atoms with Crippen LogP contribution in [0.15, 0.2) is 16.6 Å². The normalized spacial score (nSPS) is 19.0. The molecule has 0 aromatic heterocycles. The number of carbonyl (C=O) groups excluding carboxylic acids is 1. The lowest BCUT2D eigenvalue weighted by Gasteiger charge is -2.24. The molecule has 0 radical (unpaired) electrons. The number of aromatic hydroxyl groups is 1. The zero-order valence-electron chi connectivity index (χ0n) is 9.90. The summed E-state index contributed by atoms with van der Waals surface area (Å²) in [7, 11) is 0. The molecule has 1 atom stereocenters. The fraction of sp³-hybridized carbons (Fsp3) is 0.417. The van der Waals surface area contributed by atoms with Crippen LogP contribution in [-0.4, -0.2) is 24.4 Å². The number of benzene rings is 1. The van der Waals surface area contributed by atoms with Crippen molar-refractivity contribution in [1.29, 1.82) is 0 Å². The zero-order chi connectivity index (χ0) is 13.1. The number of halogens is 1. The SMILES string of the molecule is CCOc1cc([C@H]2CCOC(=O)N2)cc(Br)c1O. The van der Waals surface area contributed by atoms with Crippen molar-refractivity contribution in [2.75, 3.05) is 13.2 Å². The lowest BCUT2D eigenvalue weighted by Crippen LogP contribution is -2.35. The molecule has 1 aromatic carbocycles. The molecule has 2 N–H and O–H groups in total. The predicted molar refractivity (Wildman–Crippen MR) is 68.8 cm³/mol. The highest BCUT2D eigenvalue weighted by atomic mass is 79.9. The molecule has 1 aromatic rings. The fourth-order valence-electron chi connectivity index (χ4n) is 1.84. The molecule has 6 heteroatoms. The van der Waals surface area contributed by atoms with E-state index in [2.05, 4.69) is 21.2 Å². The maximum absolute atomic E-state index is 11.2. The summed E-state index contributed by atoms with van der Waals surface area (Å²) in [5.74, 6) is 0.474. The molecule has 1 heterocycles. The number of carbonyl (C=O) groups is 1. The third-order valence-electron chi connectivity index (χ3n) is 2.68. The highest BCUT2D eigenvalue weighted by molar-refractivity contribution is 9.10. The standard InChI is InChI=1S/C12H14BrNO4/c1-2-17-10-6-7(5-8(13)11(10)15)9-3-4-18-12(16)14-9/h5-6,9,15H,2-4H2,1H3,(H,14,16)/t9-/m1/s1. The lowest BCUT2D eigenvalue weighted by molar-refractivity contribution is 0.115. The third kappa shape index (κ3) is 2.69. The molecular formula is C12H14BrNO4. The zero-order valence-corrected chi connectivity index (χ0v) is 11.5. The second kappa shape index (κ2) is 5.48. The minimum Gasteiger partial charge on any atom is -0.503 e. The van der Waals surface area contributed by atoms with Crippen LogP contribution in [0.5, 0.6) is 11.5 Å². The summed E-state index contributed by atoms with van der Waals surface area (Å²) in [5, 5.41) is 12.5. The second-order valence-corrected chi connectivity index (χ2v) is 4.76. The van der Waals surface area contributed by atoms with E-state index in [0.717, 1.165) is 5.56 Å². The monoisotopic (exact) mass is 315 g/mol. The van der Waals surface area contributed by atoms with Gasteiger partial charge in [0.25, 0.3) is 0 Å². The number of cyclic esters (lactones) is 1. The van der Waals surface area contributed by atoms with Gasteiger partial charge in [0.05, 0.1) is 23.7 Å². The fourth-order valence-corrected chi connectivity index (χ4v) is 2.30. The molecule has 1 amide bonds. The van der Waals surface area contributed by atoms with E-state index in [1.165, 1.54) is 0 Å². The molecule has 98 valence electrons. The number of phenolic OH excluding ortho intramolecular Hbond substituents is 1. The molecular weight excluding hydrogens is 302 g/mol. The van der Waals surface area contributed by atoms with Crippen LogP contribution >= 0.6 is 15.9 Å². The Morgan fingerprint density at radius 2 is 2.39 bits per heavy atom. The minimum atomic E-state index is -0.423. The molecule has 0 unspecified atom stereocenters. The number of amides is 1. The van der Waals surface area contributed by atoms with Crippen molar-refractivity contribution in [3.05, 3.63) is 22.2 Å². The first-order valence-electron chi connectivity index (χ1n) is 5.70. The average molecular weight is 316 g/mol. The molecule has 1 saturated heterocycles. The predicted octanol–water partition coefficient (Wildman–Crippen LogP) is 2.72. The summed E-state index contributed by atoms with van der Waals surface area (Å²) < 4.78 is 10.7. The Balaban J connectivity index is 2.29. The number of hydrogen-bond acceptors (Lipinski definition) is 4. The van der Waals surface area contributed by atoms with Gasteiger partial charge in [-0.15, -0.1) is 0 Å². The third-order valence-corrected chi connectivity index (χ3v) is 3.29. The van der Waals surface area contributed by atoms with Crippen molar-refractivity contribution in [3.63, 3.8) is 0 Å². The molecule has 0 spiro atoms. The summed E-state index contributed by atoms with van der Waals surface area (Å²) in [5.41, 5.74) is 0.875. The first kappa shape index (κ1) is 13.0. The first-order chi connectivity index (χ1) is 8.61. The van der Waals surface area contributed by atoms with Crippen LogP contribution in [0.25, 0.3) is 0 Å². The summed E-state index contributed by atoms with van der Waals surface area (Å²) >= 11 is 3.27. The molecule has 0 bridgehead atoms. The quantitative estimate of drug-likeness (QED) is 0.900. The van der Waals surface area contributed by atoms with Gasteiger partial charge in [-0.3, -0.25) is 0 Å². The topological polar surface area (TPSA) is 67.8 Å². The van der Waals surface area contributed by atoms with E-state index in [1.807, 2.05) is 6.92 Å². The van der Waals surface area contributed by atoms with Gasteiger partial charge in [0.2, 0.25) is 0 Å². The van der Waals surface area contributed by atoms with Crippen LogP contribution in [0.1, 0.15) is 24.9 Å².